The van der Waals surface area contributed by atoms with Crippen molar-refractivity contribution in [2.45, 2.75) is 31.6 Å². The number of hydrogen-bond donors (Lipinski definition) is 0. The molecule has 2 rings (SSSR count). The van der Waals surface area contributed by atoms with E-state index in [-0.39, 0.29) is 5.92 Å². The van der Waals surface area contributed by atoms with Gasteiger partial charge in [-0.3, -0.25) is 0 Å². The van der Waals surface area contributed by atoms with Crippen molar-refractivity contribution < 1.29 is 9.53 Å². The van der Waals surface area contributed by atoms with Crippen LogP contribution in [-0.4, -0.2) is 18.4 Å². The second kappa shape index (κ2) is 5.50. The summed E-state index contributed by atoms with van der Waals surface area (Å²) in [5.74, 6) is 1.19. The topological polar surface area (TPSA) is 39.2 Å². The molecular formula is C13H16ClNO2. The number of rotatable bonds is 3. The summed E-state index contributed by atoms with van der Waals surface area (Å²) in [7, 11) is 1.56. The predicted octanol–water partition coefficient (Wildman–Crippen LogP) is 3.22. The number of aldehydes is 1. The van der Waals surface area contributed by atoms with Gasteiger partial charge in [0.05, 0.1) is 7.11 Å². The minimum atomic E-state index is 0.243. The van der Waals surface area contributed by atoms with Crippen molar-refractivity contribution in [2.24, 2.45) is 5.92 Å². The zero-order valence-corrected chi connectivity index (χ0v) is 10.6. The van der Waals surface area contributed by atoms with Gasteiger partial charge in [0.25, 0.3) is 0 Å². The minimum absolute atomic E-state index is 0.243. The zero-order chi connectivity index (χ0) is 12.3. The lowest BCUT2D eigenvalue weighted by molar-refractivity contribution is -0.111. The van der Waals surface area contributed by atoms with Crippen LogP contribution in [0.25, 0.3) is 0 Å². The van der Waals surface area contributed by atoms with E-state index in [1.165, 1.54) is 0 Å². The third-order valence-corrected chi connectivity index (χ3v) is 3.73. The molecule has 3 nitrogen and oxygen atoms in total. The third kappa shape index (κ3) is 2.78. The first kappa shape index (κ1) is 12.4. The van der Waals surface area contributed by atoms with Crippen LogP contribution in [0.1, 0.15) is 37.2 Å². The van der Waals surface area contributed by atoms with E-state index < -0.39 is 0 Å². The third-order valence-electron chi connectivity index (χ3n) is 3.46. The second-order valence-electron chi connectivity index (χ2n) is 4.51. The number of aromatic nitrogens is 1. The van der Waals surface area contributed by atoms with Gasteiger partial charge in [0.2, 0.25) is 5.88 Å². The smallest absolute Gasteiger partial charge is 0.232 e. The number of ether oxygens (including phenoxy) is 1. The lowest BCUT2D eigenvalue weighted by Crippen LogP contribution is -2.14. The fourth-order valence-electron chi connectivity index (χ4n) is 2.40. The van der Waals surface area contributed by atoms with Gasteiger partial charge in [-0.1, -0.05) is 11.6 Å². The van der Waals surface area contributed by atoms with Crippen molar-refractivity contribution in [3.05, 3.63) is 22.8 Å². The van der Waals surface area contributed by atoms with Gasteiger partial charge in [-0.05, 0) is 43.2 Å². The van der Waals surface area contributed by atoms with Crippen molar-refractivity contribution in [1.82, 2.24) is 4.98 Å². The molecule has 0 unspecified atom stereocenters. The molecule has 0 atom stereocenters. The zero-order valence-electron chi connectivity index (χ0n) is 9.86. The van der Waals surface area contributed by atoms with Crippen LogP contribution in [0.2, 0.25) is 5.02 Å². The average Bonchev–Trinajstić information content (AvgIpc) is 2.39. The number of nitrogens with zero attached hydrogens (tertiary/aromatic N) is 1. The summed E-state index contributed by atoms with van der Waals surface area (Å²) in [6.07, 6.45) is 6.92. The Kier molecular flexibility index (Phi) is 4.00. The van der Waals surface area contributed by atoms with Gasteiger partial charge >= 0.3 is 0 Å². The average molecular weight is 254 g/mol. The van der Waals surface area contributed by atoms with E-state index in [2.05, 4.69) is 4.98 Å². The Morgan fingerprint density at radius 2 is 2.12 bits per heavy atom. The molecule has 0 aromatic carbocycles. The minimum Gasteiger partial charge on any atom is -0.480 e. The first-order valence-electron chi connectivity index (χ1n) is 5.89. The maximum atomic E-state index is 10.7. The maximum Gasteiger partial charge on any atom is 0.232 e. The number of pyridine rings is 1. The molecule has 0 N–H and O–H groups in total. The Labute approximate surface area is 106 Å². The molecule has 0 spiro atoms. The van der Waals surface area contributed by atoms with E-state index in [1.807, 2.05) is 12.3 Å². The molecule has 92 valence electrons. The van der Waals surface area contributed by atoms with Gasteiger partial charge in [-0.15, -0.1) is 0 Å². The lowest BCUT2D eigenvalue weighted by atomic mass is 9.80. The quantitative estimate of drug-likeness (QED) is 0.777. The summed E-state index contributed by atoms with van der Waals surface area (Å²) >= 11 is 6.06. The van der Waals surface area contributed by atoms with Crippen LogP contribution < -0.4 is 4.74 Å². The number of halogens is 1. The molecule has 1 aliphatic carbocycles. The van der Waals surface area contributed by atoms with Crippen LogP contribution in [0.5, 0.6) is 5.88 Å². The van der Waals surface area contributed by atoms with Gasteiger partial charge in [-0.25, -0.2) is 4.98 Å². The molecule has 17 heavy (non-hydrogen) atoms. The Morgan fingerprint density at radius 3 is 2.65 bits per heavy atom. The molecule has 0 bridgehead atoms. The highest BCUT2D eigenvalue weighted by molar-refractivity contribution is 6.31. The molecule has 1 fully saturated rings. The Bertz CT molecular complexity index is 400. The van der Waals surface area contributed by atoms with E-state index in [9.17, 15) is 4.79 Å². The number of carbonyl (C=O) groups is 1. The van der Waals surface area contributed by atoms with Gasteiger partial charge in [0.15, 0.2) is 0 Å². The predicted molar refractivity (Wildman–Crippen MR) is 66.6 cm³/mol. The van der Waals surface area contributed by atoms with Crippen molar-refractivity contribution in [3.8, 4) is 5.88 Å². The highest BCUT2D eigenvalue weighted by atomic mass is 35.5. The van der Waals surface area contributed by atoms with Crippen LogP contribution in [0.4, 0.5) is 0 Å². The fourth-order valence-corrected chi connectivity index (χ4v) is 2.65. The van der Waals surface area contributed by atoms with Gasteiger partial charge in [-0.2, -0.15) is 0 Å². The lowest BCUT2D eigenvalue weighted by Gasteiger charge is -2.25. The number of methoxy groups -OCH3 is 1. The van der Waals surface area contributed by atoms with E-state index >= 15 is 0 Å². The van der Waals surface area contributed by atoms with Crippen molar-refractivity contribution in [1.29, 1.82) is 0 Å². The highest BCUT2D eigenvalue weighted by Gasteiger charge is 2.22. The molecular weight excluding hydrogens is 238 g/mol. The molecule has 0 aliphatic heterocycles. The largest absolute Gasteiger partial charge is 0.480 e. The van der Waals surface area contributed by atoms with E-state index in [0.29, 0.717) is 16.8 Å². The highest BCUT2D eigenvalue weighted by Crippen LogP contribution is 2.36. The van der Waals surface area contributed by atoms with Crippen LogP contribution in [0.15, 0.2) is 12.3 Å². The second-order valence-corrected chi connectivity index (χ2v) is 4.91. The number of hydrogen-bond acceptors (Lipinski definition) is 3. The van der Waals surface area contributed by atoms with Crippen LogP contribution in [0, 0.1) is 5.92 Å². The van der Waals surface area contributed by atoms with Crippen LogP contribution in [0.3, 0.4) is 0 Å². The molecule has 1 heterocycles. The first-order chi connectivity index (χ1) is 8.24. The summed E-state index contributed by atoms with van der Waals surface area (Å²) in [5, 5.41) is 0.558. The molecule has 1 saturated carbocycles. The van der Waals surface area contributed by atoms with Crippen molar-refractivity contribution >= 4 is 17.9 Å². The molecule has 1 aromatic heterocycles. The van der Waals surface area contributed by atoms with Crippen LogP contribution in [-0.2, 0) is 4.79 Å². The summed E-state index contributed by atoms with van der Waals surface area (Å²) in [5.41, 5.74) is 1.15. The summed E-state index contributed by atoms with van der Waals surface area (Å²) in [6, 6.07) is 1.93. The Morgan fingerprint density at radius 1 is 1.41 bits per heavy atom. The molecule has 4 heteroatoms. The number of carbonyl (C=O) groups excluding carboxylic acids is 1. The Balaban J connectivity index is 2.08. The molecule has 0 amide bonds. The Hall–Kier alpha value is -1.09. The SMILES string of the molecule is COc1ncc(C2CCC(C=O)CC2)cc1Cl. The fraction of sp³-hybridized carbons (Fsp3) is 0.538. The molecule has 0 radical (unpaired) electrons. The van der Waals surface area contributed by atoms with Gasteiger partial charge < -0.3 is 9.53 Å². The van der Waals surface area contributed by atoms with E-state index in [1.54, 1.807) is 7.11 Å². The van der Waals surface area contributed by atoms with E-state index in [4.69, 9.17) is 16.3 Å². The maximum absolute atomic E-state index is 10.7. The normalized spacial score (nSPS) is 24.4. The molecule has 0 saturated heterocycles. The van der Waals surface area contributed by atoms with E-state index in [0.717, 1.165) is 37.5 Å². The first-order valence-corrected chi connectivity index (χ1v) is 6.27. The van der Waals surface area contributed by atoms with Crippen molar-refractivity contribution in [2.75, 3.05) is 7.11 Å². The van der Waals surface area contributed by atoms with Gasteiger partial charge in [0.1, 0.15) is 11.3 Å². The summed E-state index contributed by atoms with van der Waals surface area (Å²) < 4.78 is 5.03. The summed E-state index contributed by atoms with van der Waals surface area (Å²) in [6.45, 7) is 0. The standard InChI is InChI=1S/C13H16ClNO2/c1-17-13-12(14)6-11(7-15-13)10-4-2-9(8-16)3-5-10/h6-10H,2-5H2,1H3. The van der Waals surface area contributed by atoms with Gasteiger partial charge in [0, 0.05) is 12.1 Å². The summed E-state index contributed by atoms with van der Waals surface area (Å²) in [4.78, 5) is 14.9. The monoisotopic (exact) mass is 253 g/mol. The molecule has 1 aliphatic rings. The molecule has 1 aromatic rings. The van der Waals surface area contributed by atoms with Crippen molar-refractivity contribution in [3.63, 3.8) is 0 Å². The van der Waals surface area contributed by atoms with Crippen LogP contribution >= 0.6 is 11.6 Å².